The standard InChI is InChI=1S/C12H17FN2O/c1-9(14-8-12(16)15(2)3)10-4-6-11(13)7-5-10/h4-7,9,14H,8H2,1-3H3. The van der Waals surface area contributed by atoms with Crippen molar-refractivity contribution in [3.05, 3.63) is 35.6 Å². The molecule has 1 aromatic carbocycles. The number of carbonyl (C=O) groups is 1. The molecule has 1 rings (SSSR count). The maximum absolute atomic E-state index is 12.7. The Labute approximate surface area is 95.3 Å². The summed E-state index contributed by atoms with van der Waals surface area (Å²) in [5.41, 5.74) is 0.966. The molecule has 1 N–H and O–H groups in total. The fraction of sp³-hybridized carbons (Fsp3) is 0.417. The van der Waals surface area contributed by atoms with Crippen molar-refractivity contribution in [2.24, 2.45) is 0 Å². The largest absolute Gasteiger partial charge is 0.348 e. The third kappa shape index (κ3) is 3.62. The Bertz CT molecular complexity index is 349. The first kappa shape index (κ1) is 12.6. The number of halogens is 1. The highest BCUT2D eigenvalue weighted by atomic mass is 19.1. The van der Waals surface area contributed by atoms with Gasteiger partial charge in [-0.05, 0) is 24.6 Å². The maximum atomic E-state index is 12.7. The molecular formula is C12H17FN2O. The number of rotatable bonds is 4. The lowest BCUT2D eigenvalue weighted by atomic mass is 10.1. The number of benzene rings is 1. The summed E-state index contributed by atoms with van der Waals surface area (Å²) in [5, 5.41) is 3.09. The van der Waals surface area contributed by atoms with Crippen LogP contribution in [0.1, 0.15) is 18.5 Å². The second-order valence-electron chi connectivity index (χ2n) is 3.94. The topological polar surface area (TPSA) is 32.3 Å². The number of nitrogens with one attached hydrogen (secondary N) is 1. The molecule has 0 heterocycles. The van der Waals surface area contributed by atoms with E-state index in [1.807, 2.05) is 6.92 Å². The summed E-state index contributed by atoms with van der Waals surface area (Å²) in [6.45, 7) is 2.22. The molecule has 0 aliphatic carbocycles. The lowest BCUT2D eigenvalue weighted by Crippen LogP contribution is -2.34. The molecule has 0 aliphatic rings. The predicted octanol–water partition coefficient (Wildman–Crippen LogP) is 1.56. The summed E-state index contributed by atoms with van der Waals surface area (Å²) in [6, 6.07) is 6.30. The van der Waals surface area contributed by atoms with Crippen molar-refractivity contribution in [2.45, 2.75) is 13.0 Å². The fourth-order valence-corrected chi connectivity index (χ4v) is 1.27. The molecule has 1 amide bonds. The van der Waals surface area contributed by atoms with Crippen LogP contribution < -0.4 is 5.32 Å². The first-order valence-electron chi connectivity index (χ1n) is 5.19. The van der Waals surface area contributed by atoms with Crippen LogP contribution in [0.3, 0.4) is 0 Å². The summed E-state index contributed by atoms with van der Waals surface area (Å²) in [7, 11) is 3.43. The molecular weight excluding hydrogens is 207 g/mol. The van der Waals surface area contributed by atoms with E-state index < -0.39 is 0 Å². The van der Waals surface area contributed by atoms with Crippen LogP contribution in [0.2, 0.25) is 0 Å². The molecule has 0 radical (unpaired) electrons. The van der Waals surface area contributed by atoms with Crippen molar-refractivity contribution >= 4 is 5.91 Å². The number of hydrogen-bond donors (Lipinski definition) is 1. The van der Waals surface area contributed by atoms with Crippen LogP contribution >= 0.6 is 0 Å². The predicted molar refractivity (Wildman–Crippen MR) is 61.5 cm³/mol. The Morgan fingerprint density at radius 2 is 1.94 bits per heavy atom. The lowest BCUT2D eigenvalue weighted by molar-refractivity contribution is -0.127. The number of nitrogens with zero attached hydrogens (tertiary/aromatic N) is 1. The van der Waals surface area contributed by atoms with Crippen LogP contribution in [0.4, 0.5) is 4.39 Å². The van der Waals surface area contributed by atoms with Crippen LogP contribution in [0.15, 0.2) is 24.3 Å². The summed E-state index contributed by atoms with van der Waals surface area (Å²) in [4.78, 5) is 12.9. The van der Waals surface area contributed by atoms with Crippen molar-refractivity contribution in [1.82, 2.24) is 10.2 Å². The minimum absolute atomic E-state index is 0.0222. The second-order valence-corrected chi connectivity index (χ2v) is 3.94. The van der Waals surface area contributed by atoms with Gasteiger partial charge in [-0.3, -0.25) is 4.79 Å². The monoisotopic (exact) mass is 224 g/mol. The van der Waals surface area contributed by atoms with Gasteiger partial charge in [0.05, 0.1) is 6.54 Å². The van der Waals surface area contributed by atoms with E-state index in [1.54, 1.807) is 26.2 Å². The zero-order valence-corrected chi connectivity index (χ0v) is 9.83. The zero-order chi connectivity index (χ0) is 12.1. The van der Waals surface area contributed by atoms with E-state index in [9.17, 15) is 9.18 Å². The summed E-state index contributed by atoms with van der Waals surface area (Å²) in [6.07, 6.45) is 0. The van der Waals surface area contributed by atoms with Gasteiger partial charge < -0.3 is 10.2 Å². The summed E-state index contributed by atoms with van der Waals surface area (Å²) >= 11 is 0. The van der Waals surface area contributed by atoms with Crippen molar-refractivity contribution in [3.63, 3.8) is 0 Å². The quantitative estimate of drug-likeness (QED) is 0.842. The fourth-order valence-electron chi connectivity index (χ4n) is 1.27. The van der Waals surface area contributed by atoms with Gasteiger partial charge in [0.1, 0.15) is 5.82 Å². The van der Waals surface area contributed by atoms with E-state index in [4.69, 9.17) is 0 Å². The smallest absolute Gasteiger partial charge is 0.236 e. The molecule has 1 atom stereocenters. The Balaban J connectivity index is 2.49. The molecule has 16 heavy (non-hydrogen) atoms. The molecule has 0 saturated carbocycles. The average molecular weight is 224 g/mol. The van der Waals surface area contributed by atoms with E-state index in [2.05, 4.69) is 5.32 Å². The minimum atomic E-state index is -0.250. The number of carbonyl (C=O) groups excluding carboxylic acids is 1. The van der Waals surface area contributed by atoms with Gasteiger partial charge in [-0.15, -0.1) is 0 Å². The second kappa shape index (κ2) is 5.61. The third-order valence-electron chi connectivity index (χ3n) is 2.43. The van der Waals surface area contributed by atoms with Gasteiger partial charge in [-0.2, -0.15) is 0 Å². The molecule has 0 spiro atoms. The van der Waals surface area contributed by atoms with E-state index >= 15 is 0 Å². The van der Waals surface area contributed by atoms with Crippen LogP contribution in [0.25, 0.3) is 0 Å². The lowest BCUT2D eigenvalue weighted by Gasteiger charge is -2.16. The SMILES string of the molecule is CC(NCC(=O)N(C)C)c1ccc(F)cc1. The zero-order valence-electron chi connectivity index (χ0n) is 9.83. The first-order valence-corrected chi connectivity index (χ1v) is 5.19. The summed E-state index contributed by atoms with van der Waals surface area (Å²) < 4.78 is 12.7. The highest BCUT2D eigenvalue weighted by molar-refractivity contribution is 5.77. The van der Waals surface area contributed by atoms with Crippen LogP contribution in [0.5, 0.6) is 0 Å². The molecule has 0 fully saturated rings. The Morgan fingerprint density at radius 1 is 1.38 bits per heavy atom. The maximum Gasteiger partial charge on any atom is 0.236 e. The van der Waals surface area contributed by atoms with Gasteiger partial charge in [0, 0.05) is 20.1 Å². The Hall–Kier alpha value is -1.42. The van der Waals surface area contributed by atoms with Crippen molar-refractivity contribution in [2.75, 3.05) is 20.6 Å². The van der Waals surface area contributed by atoms with Crippen LogP contribution in [-0.2, 0) is 4.79 Å². The van der Waals surface area contributed by atoms with Gasteiger partial charge in [-0.1, -0.05) is 12.1 Å². The molecule has 1 aromatic rings. The van der Waals surface area contributed by atoms with Crippen molar-refractivity contribution in [3.8, 4) is 0 Å². The summed E-state index contributed by atoms with van der Waals surface area (Å²) in [5.74, 6) is -0.228. The van der Waals surface area contributed by atoms with Gasteiger partial charge in [0.2, 0.25) is 5.91 Å². The van der Waals surface area contributed by atoms with Gasteiger partial charge in [0.15, 0.2) is 0 Å². The molecule has 1 unspecified atom stereocenters. The highest BCUT2D eigenvalue weighted by Gasteiger charge is 2.08. The number of hydrogen-bond acceptors (Lipinski definition) is 2. The normalized spacial score (nSPS) is 12.2. The van der Waals surface area contributed by atoms with E-state index in [0.29, 0.717) is 0 Å². The van der Waals surface area contributed by atoms with Crippen LogP contribution in [0, 0.1) is 5.82 Å². The molecule has 0 saturated heterocycles. The molecule has 0 bridgehead atoms. The Morgan fingerprint density at radius 3 is 2.44 bits per heavy atom. The molecule has 4 heteroatoms. The van der Waals surface area contributed by atoms with Crippen molar-refractivity contribution < 1.29 is 9.18 Å². The molecule has 88 valence electrons. The first-order chi connectivity index (χ1) is 7.50. The van der Waals surface area contributed by atoms with E-state index in [1.165, 1.54) is 17.0 Å². The molecule has 0 aliphatic heterocycles. The molecule has 0 aromatic heterocycles. The number of amides is 1. The average Bonchev–Trinajstić information content (AvgIpc) is 2.26. The van der Waals surface area contributed by atoms with E-state index in [-0.39, 0.29) is 24.3 Å². The minimum Gasteiger partial charge on any atom is -0.348 e. The van der Waals surface area contributed by atoms with Gasteiger partial charge in [-0.25, -0.2) is 4.39 Å². The highest BCUT2D eigenvalue weighted by Crippen LogP contribution is 2.12. The Kier molecular flexibility index (Phi) is 4.43. The van der Waals surface area contributed by atoms with Crippen molar-refractivity contribution in [1.29, 1.82) is 0 Å². The third-order valence-corrected chi connectivity index (χ3v) is 2.43. The number of likely N-dealkylation sites (N-methyl/N-ethyl adjacent to an activating group) is 1. The van der Waals surface area contributed by atoms with Crippen LogP contribution in [-0.4, -0.2) is 31.4 Å². The molecule has 3 nitrogen and oxygen atoms in total. The van der Waals surface area contributed by atoms with Gasteiger partial charge >= 0.3 is 0 Å². The van der Waals surface area contributed by atoms with E-state index in [0.717, 1.165) is 5.56 Å². The van der Waals surface area contributed by atoms with Gasteiger partial charge in [0.25, 0.3) is 0 Å².